The van der Waals surface area contributed by atoms with Crippen LogP contribution < -0.4 is 15.8 Å². The highest BCUT2D eigenvalue weighted by Crippen LogP contribution is 2.30. The van der Waals surface area contributed by atoms with Crippen LogP contribution in [0.4, 0.5) is 4.79 Å². The number of amides is 1. The lowest BCUT2D eigenvalue weighted by Crippen LogP contribution is -2.34. The summed E-state index contributed by atoms with van der Waals surface area (Å²) in [6.07, 6.45) is 2.90. The molecule has 0 spiro atoms. The first-order valence-electron chi connectivity index (χ1n) is 9.76. The minimum atomic E-state index is -0.424. The second kappa shape index (κ2) is 10.1. The summed E-state index contributed by atoms with van der Waals surface area (Å²) in [7, 11) is 0. The molecule has 2 aromatic carbocycles. The maximum Gasteiger partial charge on any atom is 0.412 e. The van der Waals surface area contributed by atoms with Crippen LogP contribution >= 0.6 is 0 Å². The summed E-state index contributed by atoms with van der Waals surface area (Å²) in [5.74, 6) is 1.12. The first kappa shape index (κ1) is 19.4. The maximum absolute atomic E-state index is 12.1. The van der Waals surface area contributed by atoms with Crippen LogP contribution in [0.1, 0.15) is 36.3 Å². The van der Waals surface area contributed by atoms with Gasteiger partial charge in [0.1, 0.15) is 5.75 Å². The molecule has 0 bridgehead atoms. The largest absolute Gasteiger partial charge is 0.412 e. The minimum Gasteiger partial charge on any atom is -0.410 e. The van der Waals surface area contributed by atoms with Crippen LogP contribution in [-0.2, 0) is 6.54 Å². The fourth-order valence-corrected chi connectivity index (χ4v) is 3.55. The molecule has 0 atom stereocenters. The molecule has 1 saturated heterocycles. The lowest BCUT2D eigenvalue weighted by Gasteiger charge is -2.32. The standard InChI is InChI=1S/C22H29N3O2/c23-12-5-13-25-14-10-19(11-15-25)20-8-4-9-21(16-20)27-22(26)24-17-18-6-2-1-3-7-18/h1-4,6-9,16,19H,5,10-15,17,23H2,(H,24,26). The van der Waals surface area contributed by atoms with Crippen molar-refractivity contribution in [2.75, 3.05) is 26.2 Å². The SMILES string of the molecule is NCCCN1CCC(c2cccc(OC(=O)NCc3ccccc3)c2)CC1. The van der Waals surface area contributed by atoms with E-state index in [0.717, 1.165) is 51.0 Å². The summed E-state index contributed by atoms with van der Waals surface area (Å²) in [6, 6.07) is 17.7. The van der Waals surface area contributed by atoms with E-state index in [9.17, 15) is 4.79 Å². The molecule has 3 rings (SSSR count). The molecule has 0 aromatic heterocycles. The minimum absolute atomic E-state index is 0.424. The van der Waals surface area contributed by atoms with Crippen LogP contribution in [0, 0.1) is 0 Å². The molecule has 0 radical (unpaired) electrons. The molecule has 0 aliphatic carbocycles. The summed E-state index contributed by atoms with van der Waals surface area (Å²) in [4.78, 5) is 14.6. The van der Waals surface area contributed by atoms with E-state index in [-0.39, 0.29) is 0 Å². The number of benzene rings is 2. The number of rotatable bonds is 7. The zero-order chi connectivity index (χ0) is 18.9. The van der Waals surface area contributed by atoms with E-state index in [1.165, 1.54) is 5.56 Å². The monoisotopic (exact) mass is 367 g/mol. The van der Waals surface area contributed by atoms with Gasteiger partial charge in [-0.05, 0) is 74.6 Å². The normalized spacial score (nSPS) is 15.4. The van der Waals surface area contributed by atoms with Crippen molar-refractivity contribution in [3.63, 3.8) is 0 Å². The highest BCUT2D eigenvalue weighted by atomic mass is 16.6. The van der Waals surface area contributed by atoms with Crippen LogP contribution in [0.5, 0.6) is 5.75 Å². The third-order valence-corrected chi connectivity index (χ3v) is 5.09. The van der Waals surface area contributed by atoms with Crippen LogP contribution in [0.3, 0.4) is 0 Å². The van der Waals surface area contributed by atoms with E-state index < -0.39 is 6.09 Å². The number of nitrogens with one attached hydrogen (secondary N) is 1. The Kier molecular flexibility index (Phi) is 7.25. The summed E-state index contributed by atoms with van der Waals surface area (Å²) in [6.45, 7) is 4.51. The molecule has 0 saturated carbocycles. The van der Waals surface area contributed by atoms with Gasteiger partial charge in [0, 0.05) is 6.54 Å². The molecule has 1 amide bonds. The molecule has 0 unspecified atom stereocenters. The number of nitrogens with two attached hydrogens (primary N) is 1. The number of nitrogens with zero attached hydrogens (tertiary/aromatic N) is 1. The van der Waals surface area contributed by atoms with E-state index in [0.29, 0.717) is 18.2 Å². The lowest BCUT2D eigenvalue weighted by atomic mass is 9.89. The number of carbonyl (C=O) groups excluding carboxylic acids is 1. The summed E-state index contributed by atoms with van der Waals surface area (Å²) < 4.78 is 5.47. The Hall–Kier alpha value is -2.37. The first-order chi connectivity index (χ1) is 13.2. The summed E-state index contributed by atoms with van der Waals surface area (Å²) >= 11 is 0. The van der Waals surface area contributed by atoms with Gasteiger partial charge in [-0.1, -0.05) is 42.5 Å². The van der Waals surface area contributed by atoms with Crippen LogP contribution in [0.25, 0.3) is 0 Å². The number of hydrogen-bond donors (Lipinski definition) is 2. The van der Waals surface area contributed by atoms with Crippen molar-refractivity contribution >= 4 is 6.09 Å². The van der Waals surface area contributed by atoms with Gasteiger partial charge in [0.05, 0.1) is 0 Å². The molecule has 27 heavy (non-hydrogen) atoms. The maximum atomic E-state index is 12.1. The van der Waals surface area contributed by atoms with Crippen molar-refractivity contribution in [3.05, 3.63) is 65.7 Å². The molecule has 5 nitrogen and oxygen atoms in total. The Morgan fingerprint density at radius 1 is 1.11 bits per heavy atom. The van der Waals surface area contributed by atoms with Crippen LogP contribution in [0.2, 0.25) is 0 Å². The van der Waals surface area contributed by atoms with Gasteiger partial charge in [-0.15, -0.1) is 0 Å². The number of hydrogen-bond acceptors (Lipinski definition) is 4. The van der Waals surface area contributed by atoms with Crippen molar-refractivity contribution in [1.82, 2.24) is 10.2 Å². The smallest absolute Gasteiger partial charge is 0.410 e. The van der Waals surface area contributed by atoms with Crippen molar-refractivity contribution in [3.8, 4) is 5.75 Å². The molecule has 1 aliphatic rings. The number of carbonyl (C=O) groups is 1. The molecule has 1 fully saturated rings. The third-order valence-electron chi connectivity index (χ3n) is 5.09. The van der Waals surface area contributed by atoms with E-state index in [1.54, 1.807) is 0 Å². The van der Waals surface area contributed by atoms with Gasteiger partial charge in [-0.3, -0.25) is 0 Å². The Bertz CT molecular complexity index is 713. The lowest BCUT2D eigenvalue weighted by molar-refractivity contribution is 0.199. The number of piperidine rings is 1. The average molecular weight is 367 g/mol. The van der Waals surface area contributed by atoms with Gasteiger partial charge in [0.2, 0.25) is 0 Å². The second-order valence-electron chi connectivity index (χ2n) is 7.06. The molecular weight excluding hydrogens is 338 g/mol. The van der Waals surface area contributed by atoms with Gasteiger partial charge in [0.25, 0.3) is 0 Å². The Balaban J connectivity index is 1.49. The molecule has 144 valence electrons. The Morgan fingerprint density at radius 2 is 1.89 bits per heavy atom. The van der Waals surface area contributed by atoms with Gasteiger partial charge >= 0.3 is 6.09 Å². The highest BCUT2D eigenvalue weighted by Gasteiger charge is 2.20. The third kappa shape index (κ3) is 6.08. The predicted octanol–water partition coefficient (Wildman–Crippen LogP) is 3.50. The summed E-state index contributed by atoms with van der Waals surface area (Å²) in [5, 5.41) is 2.79. The zero-order valence-electron chi connectivity index (χ0n) is 15.8. The molecule has 2 aromatic rings. The van der Waals surface area contributed by atoms with Crippen LogP contribution in [0.15, 0.2) is 54.6 Å². The van der Waals surface area contributed by atoms with Crippen molar-refractivity contribution in [1.29, 1.82) is 0 Å². The average Bonchev–Trinajstić information content (AvgIpc) is 2.72. The van der Waals surface area contributed by atoms with E-state index in [2.05, 4.69) is 16.3 Å². The van der Waals surface area contributed by atoms with Crippen molar-refractivity contribution in [2.45, 2.75) is 31.7 Å². The van der Waals surface area contributed by atoms with E-state index >= 15 is 0 Å². The second-order valence-corrected chi connectivity index (χ2v) is 7.06. The Morgan fingerprint density at radius 3 is 2.63 bits per heavy atom. The van der Waals surface area contributed by atoms with Crippen LogP contribution in [-0.4, -0.2) is 37.2 Å². The fraction of sp³-hybridized carbons (Fsp3) is 0.409. The van der Waals surface area contributed by atoms with E-state index in [4.69, 9.17) is 10.5 Å². The van der Waals surface area contributed by atoms with Gasteiger partial charge in [-0.25, -0.2) is 4.79 Å². The van der Waals surface area contributed by atoms with Crippen molar-refractivity contribution in [2.24, 2.45) is 5.73 Å². The quantitative estimate of drug-likeness (QED) is 0.786. The molecule has 1 heterocycles. The highest BCUT2D eigenvalue weighted by molar-refractivity contribution is 5.70. The first-order valence-corrected chi connectivity index (χ1v) is 9.76. The van der Waals surface area contributed by atoms with Gasteiger partial charge in [0.15, 0.2) is 0 Å². The summed E-state index contributed by atoms with van der Waals surface area (Å²) in [5.41, 5.74) is 7.90. The topological polar surface area (TPSA) is 67.6 Å². The van der Waals surface area contributed by atoms with E-state index in [1.807, 2.05) is 48.5 Å². The fourth-order valence-electron chi connectivity index (χ4n) is 3.55. The molecule has 5 heteroatoms. The molecule has 3 N–H and O–H groups in total. The number of ether oxygens (including phenoxy) is 1. The zero-order valence-corrected chi connectivity index (χ0v) is 15.8. The Labute approximate surface area is 161 Å². The van der Waals surface area contributed by atoms with Gasteiger partial charge < -0.3 is 20.7 Å². The predicted molar refractivity (Wildman–Crippen MR) is 108 cm³/mol. The molecule has 1 aliphatic heterocycles. The number of likely N-dealkylation sites (tertiary alicyclic amines) is 1. The molecular formula is C22H29N3O2. The van der Waals surface area contributed by atoms with Crippen molar-refractivity contribution < 1.29 is 9.53 Å². The van der Waals surface area contributed by atoms with Gasteiger partial charge in [-0.2, -0.15) is 0 Å².